The van der Waals surface area contributed by atoms with Crippen molar-refractivity contribution in [2.24, 2.45) is 5.73 Å². The van der Waals surface area contributed by atoms with Crippen LogP contribution in [0.15, 0.2) is 12.3 Å². The molecule has 1 saturated heterocycles. The summed E-state index contributed by atoms with van der Waals surface area (Å²) in [6.45, 7) is 20.7. The summed E-state index contributed by atoms with van der Waals surface area (Å²) in [6, 6.07) is 0.109. The Hall–Kier alpha value is -4.16. The number of aryl methyl sites for hydroxylation is 9. The van der Waals surface area contributed by atoms with Crippen molar-refractivity contribution >= 4 is 64.0 Å². The molecule has 0 radical (unpaired) electrons. The molecule has 0 bridgehead atoms. The van der Waals surface area contributed by atoms with Gasteiger partial charge in [-0.1, -0.05) is 6.58 Å². The summed E-state index contributed by atoms with van der Waals surface area (Å²) in [5.74, 6) is 6.48. The fourth-order valence-corrected chi connectivity index (χ4v) is 5.44. The predicted molar refractivity (Wildman–Crippen MR) is 201 cm³/mol. The zero-order chi connectivity index (χ0) is 39.1. The van der Waals surface area contributed by atoms with Crippen LogP contribution in [-0.2, 0) is 0 Å². The van der Waals surface area contributed by atoms with Crippen LogP contribution in [0.4, 0.5) is 5.95 Å². The van der Waals surface area contributed by atoms with Crippen molar-refractivity contribution < 1.29 is 0 Å². The number of nitrogens with zero attached hydrogens (tertiary/aromatic N) is 16. The molecule has 1 aliphatic heterocycles. The van der Waals surface area contributed by atoms with E-state index in [0.29, 0.717) is 64.1 Å². The minimum Gasteiger partial charge on any atom is -0.401 e. The first kappa shape index (κ1) is 44.0. The average Bonchev–Trinajstić information content (AvgIpc) is 3.46. The minimum absolute atomic E-state index is 0.109. The molecule has 5 aromatic rings. The van der Waals surface area contributed by atoms with Crippen LogP contribution >= 0.6 is 58.0 Å². The van der Waals surface area contributed by atoms with Crippen LogP contribution < -0.4 is 10.6 Å². The lowest BCUT2D eigenvalue weighted by atomic mass is 10.2. The molecule has 0 spiro atoms. The van der Waals surface area contributed by atoms with E-state index in [2.05, 4.69) is 81.3 Å². The quantitative estimate of drug-likeness (QED) is 0.221. The predicted octanol–water partition coefficient (Wildman–Crippen LogP) is 5.84. The molecule has 1 atom stereocenters. The third-order valence-corrected chi connectivity index (χ3v) is 6.82. The van der Waals surface area contributed by atoms with Gasteiger partial charge in [-0.25, -0.2) is 64.8 Å². The molecular weight excluding hydrogens is 776 g/mol. The van der Waals surface area contributed by atoms with Gasteiger partial charge < -0.3 is 10.6 Å². The maximum Gasteiger partial charge on any atom is 0.230 e. The molecule has 2 N–H and O–H groups in total. The van der Waals surface area contributed by atoms with E-state index in [9.17, 15) is 0 Å². The summed E-state index contributed by atoms with van der Waals surface area (Å²) >= 11 is 27.8. The highest BCUT2D eigenvalue weighted by Gasteiger charge is 2.28. The number of hydrogen-bond donors (Lipinski definition) is 1. The van der Waals surface area contributed by atoms with Gasteiger partial charge in [0.15, 0.2) is 0 Å². The van der Waals surface area contributed by atoms with Gasteiger partial charge in [-0.15, -0.1) is 0 Å². The Balaban J connectivity index is 0.000000231. The van der Waals surface area contributed by atoms with Gasteiger partial charge in [-0.2, -0.15) is 9.97 Å². The van der Waals surface area contributed by atoms with E-state index in [4.69, 9.17) is 63.7 Å². The van der Waals surface area contributed by atoms with E-state index in [1.54, 1.807) is 62.3 Å². The number of rotatable bonds is 2. The molecule has 0 saturated carbocycles. The molecule has 6 rings (SSSR count). The van der Waals surface area contributed by atoms with Crippen molar-refractivity contribution in [2.45, 2.75) is 81.2 Å². The number of hydrogen-bond acceptors (Lipinski definition) is 17. The van der Waals surface area contributed by atoms with Crippen LogP contribution in [0.3, 0.4) is 0 Å². The van der Waals surface area contributed by atoms with E-state index in [-0.39, 0.29) is 32.5 Å². The van der Waals surface area contributed by atoms with Crippen LogP contribution in [0.25, 0.3) is 0 Å². The highest BCUT2D eigenvalue weighted by atomic mass is 35.5. The summed E-state index contributed by atoms with van der Waals surface area (Å²) in [5.41, 5.74) is 6.41. The fraction of sp³-hybridized carbons (Fsp3) is 0.433. The average molecular weight is 814 g/mol. The number of aromatic nitrogens is 15. The summed E-state index contributed by atoms with van der Waals surface area (Å²) in [5, 5.41) is 1.27. The van der Waals surface area contributed by atoms with E-state index < -0.39 is 0 Å². The molecule has 17 nitrogen and oxygen atoms in total. The Bertz CT molecular complexity index is 1530. The van der Waals surface area contributed by atoms with Crippen molar-refractivity contribution in [3.05, 3.63) is 91.1 Å². The molecule has 52 heavy (non-hydrogen) atoms. The summed E-state index contributed by atoms with van der Waals surface area (Å²) in [4.78, 5) is 60.3. The second kappa shape index (κ2) is 21.4. The van der Waals surface area contributed by atoms with Crippen molar-refractivity contribution in [2.75, 3.05) is 11.4 Å². The van der Waals surface area contributed by atoms with Crippen molar-refractivity contribution in [3.63, 3.8) is 0 Å². The van der Waals surface area contributed by atoms with E-state index in [0.717, 1.165) is 19.4 Å². The Morgan fingerprint density at radius 1 is 0.462 bits per heavy atom. The van der Waals surface area contributed by atoms with Gasteiger partial charge in [0.05, 0.1) is 6.04 Å². The van der Waals surface area contributed by atoms with Gasteiger partial charge in [-0.3, -0.25) is 0 Å². The molecule has 1 unspecified atom stereocenters. The Kier molecular flexibility index (Phi) is 18.1. The molecule has 0 aliphatic carbocycles. The van der Waals surface area contributed by atoms with Gasteiger partial charge in [0, 0.05) is 12.2 Å². The van der Waals surface area contributed by atoms with Gasteiger partial charge in [0.1, 0.15) is 52.4 Å². The third-order valence-electron chi connectivity index (χ3n) is 5.97. The second-order valence-electron chi connectivity index (χ2n) is 10.7. The fourth-order valence-electron chi connectivity index (χ4n) is 4.26. The van der Waals surface area contributed by atoms with Gasteiger partial charge in [0.25, 0.3) is 0 Å². The number of anilines is 1. The molecular formula is C30H38Cl5N17. The SMILES string of the molecule is C=C(N)C1CCCN1c1nc(C)nc(Cl)n1.Cc1nc(C)nc(Cl)n1.Cc1nc(C)nc(Cl)n1.Cc1nc(C)nc(Cl)n1.Cc1nc(C)nc(Cl)n1. The molecule has 22 heteroatoms. The number of nitrogens with two attached hydrogens (primary N) is 1. The summed E-state index contributed by atoms with van der Waals surface area (Å²) in [6.07, 6.45) is 2.04. The molecule has 0 aromatic carbocycles. The molecule has 6 heterocycles. The van der Waals surface area contributed by atoms with Crippen LogP contribution in [-0.4, -0.2) is 87.3 Å². The van der Waals surface area contributed by atoms with Gasteiger partial charge in [0.2, 0.25) is 32.4 Å². The normalized spacial score (nSPS) is 12.9. The lowest BCUT2D eigenvalue weighted by Gasteiger charge is -2.24. The standard InChI is InChI=1S/C10H14ClN5.4C5H6ClN3/c1-6(12)8-4-3-5-16(8)10-14-7(2)13-9(11)15-10;4*1-3-7-4(2)9-5(6)8-3/h8H,1,3-5,12H2,2H3;4*1-2H3. The van der Waals surface area contributed by atoms with Crippen LogP contribution in [0.2, 0.25) is 26.4 Å². The van der Waals surface area contributed by atoms with Crippen molar-refractivity contribution in [3.8, 4) is 0 Å². The first-order valence-corrected chi connectivity index (χ1v) is 17.2. The first-order chi connectivity index (χ1) is 24.3. The van der Waals surface area contributed by atoms with Gasteiger partial charge >= 0.3 is 0 Å². The van der Waals surface area contributed by atoms with Gasteiger partial charge in [-0.05, 0) is 133 Å². The zero-order valence-electron chi connectivity index (χ0n) is 30.0. The largest absolute Gasteiger partial charge is 0.401 e. The van der Waals surface area contributed by atoms with E-state index in [1.807, 2.05) is 4.90 Å². The second-order valence-corrected chi connectivity index (χ2v) is 12.4. The Morgan fingerprint density at radius 2 is 0.712 bits per heavy atom. The molecule has 5 aromatic heterocycles. The highest BCUT2D eigenvalue weighted by Crippen LogP contribution is 2.25. The molecule has 278 valence electrons. The maximum atomic E-state index is 5.81. The van der Waals surface area contributed by atoms with E-state index in [1.165, 1.54) is 0 Å². The zero-order valence-corrected chi connectivity index (χ0v) is 33.8. The van der Waals surface area contributed by atoms with Crippen molar-refractivity contribution in [1.29, 1.82) is 0 Å². The van der Waals surface area contributed by atoms with E-state index >= 15 is 0 Å². The smallest absolute Gasteiger partial charge is 0.230 e. The number of halogens is 5. The lowest BCUT2D eigenvalue weighted by Crippen LogP contribution is -2.34. The lowest BCUT2D eigenvalue weighted by molar-refractivity contribution is 0.728. The monoisotopic (exact) mass is 811 g/mol. The highest BCUT2D eigenvalue weighted by molar-refractivity contribution is 6.29. The minimum atomic E-state index is 0.109. The summed E-state index contributed by atoms with van der Waals surface area (Å²) < 4.78 is 0. The molecule has 0 amide bonds. The third kappa shape index (κ3) is 16.9. The molecule has 1 fully saturated rings. The Morgan fingerprint density at radius 3 is 0.942 bits per heavy atom. The topological polar surface area (TPSA) is 223 Å². The van der Waals surface area contributed by atoms with Crippen LogP contribution in [0.5, 0.6) is 0 Å². The Labute approximate surface area is 326 Å². The van der Waals surface area contributed by atoms with Crippen LogP contribution in [0.1, 0.15) is 65.3 Å². The molecule has 1 aliphatic rings. The summed E-state index contributed by atoms with van der Waals surface area (Å²) in [7, 11) is 0. The van der Waals surface area contributed by atoms with Crippen LogP contribution in [0, 0.1) is 62.3 Å². The maximum absolute atomic E-state index is 5.81. The first-order valence-electron chi connectivity index (χ1n) is 15.3. The van der Waals surface area contributed by atoms with Crippen molar-refractivity contribution in [1.82, 2.24) is 74.8 Å².